The molecule has 0 saturated heterocycles. The minimum atomic E-state index is -0.0192. The molecule has 0 aliphatic heterocycles. The van der Waals surface area contributed by atoms with Crippen molar-refractivity contribution < 1.29 is 14.2 Å². The van der Waals surface area contributed by atoms with Crippen LogP contribution in [-0.2, 0) is 6.61 Å². The summed E-state index contributed by atoms with van der Waals surface area (Å²) in [6, 6.07) is 10.6. The summed E-state index contributed by atoms with van der Waals surface area (Å²) in [7, 11) is 3.10. The van der Waals surface area contributed by atoms with E-state index in [1.54, 1.807) is 31.4 Å². The van der Waals surface area contributed by atoms with E-state index in [9.17, 15) is 0 Å². The van der Waals surface area contributed by atoms with E-state index in [0.717, 1.165) is 5.69 Å². The molecule has 2 aromatic rings. The lowest BCUT2D eigenvalue weighted by atomic mass is 10.2. The van der Waals surface area contributed by atoms with Crippen molar-refractivity contribution in [1.82, 2.24) is 4.98 Å². The van der Waals surface area contributed by atoms with Gasteiger partial charge in [0, 0.05) is 11.6 Å². The molecule has 0 spiro atoms. The third-order valence-corrected chi connectivity index (χ3v) is 2.84. The molecule has 3 N–H and O–H groups in total. The molecule has 0 saturated carbocycles. The number of hydrogen-bond acceptors (Lipinski definition) is 5. The van der Waals surface area contributed by atoms with Crippen molar-refractivity contribution >= 4 is 5.84 Å². The summed E-state index contributed by atoms with van der Waals surface area (Å²) in [5, 5.41) is 7.42. The Labute approximate surface area is 123 Å². The minimum absolute atomic E-state index is 0.0192. The van der Waals surface area contributed by atoms with Crippen molar-refractivity contribution in [3.05, 3.63) is 47.7 Å². The summed E-state index contributed by atoms with van der Waals surface area (Å²) in [6.45, 7) is 0.285. The van der Waals surface area contributed by atoms with Gasteiger partial charge >= 0.3 is 0 Å². The Morgan fingerprint density at radius 2 is 1.95 bits per heavy atom. The first-order valence-electron chi connectivity index (χ1n) is 6.29. The van der Waals surface area contributed by atoms with Crippen LogP contribution in [0.3, 0.4) is 0 Å². The second-order valence-corrected chi connectivity index (χ2v) is 4.24. The molecule has 2 rings (SSSR count). The fourth-order valence-corrected chi connectivity index (χ4v) is 1.76. The van der Waals surface area contributed by atoms with E-state index in [-0.39, 0.29) is 12.4 Å². The summed E-state index contributed by atoms with van der Waals surface area (Å²) in [6.07, 6.45) is 0. The fraction of sp³-hybridized carbons (Fsp3) is 0.200. The lowest BCUT2D eigenvalue weighted by Gasteiger charge is -2.12. The SMILES string of the molecule is COc1cccc(COc2ccc(C(=N)N)cc2OC)n1. The molecule has 0 aliphatic carbocycles. The van der Waals surface area contributed by atoms with Crippen molar-refractivity contribution in [2.24, 2.45) is 5.73 Å². The molecular formula is C15H17N3O3. The van der Waals surface area contributed by atoms with Crippen molar-refractivity contribution in [1.29, 1.82) is 5.41 Å². The molecule has 0 unspecified atom stereocenters. The van der Waals surface area contributed by atoms with Gasteiger partial charge in [-0.2, -0.15) is 0 Å². The molecule has 6 heteroatoms. The number of aromatic nitrogens is 1. The van der Waals surface area contributed by atoms with Crippen LogP contribution >= 0.6 is 0 Å². The molecular weight excluding hydrogens is 270 g/mol. The van der Waals surface area contributed by atoms with Crippen LogP contribution in [0, 0.1) is 5.41 Å². The number of nitrogens with two attached hydrogens (primary N) is 1. The number of ether oxygens (including phenoxy) is 3. The van der Waals surface area contributed by atoms with Gasteiger partial charge in [-0.05, 0) is 24.3 Å². The number of amidine groups is 1. The largest absolute Gasteiger partial charge is 0.493 e. The first-order valence-corrected chi connectivity index (χ1v) is 6.29. The number of pyridine rings is 1. The Balaban J connectivity index is 2.13. The first-order chi connectivity index (χ1) is 10.1. The highest BCUT2D eigenvalue weighted by atomic mass is 16.5. The van der Waals surface area contributed by atoms with Crippen LogP contribution < -0.4 is 19.9 Å². The van der Waals surface area contributed by atoms with Crippen molar-refractivity contribution in [2.45, 2.75) is 6.61 Å². The van der Waals surface area contributed by atoms with E-state index >= 15 is 0 Å². The van der Waals surface area contributed by atoms with E-state index in [2.05, 4.69) is 4.98 Å². The maximum Gasteiger partial charge on any atom is 0.213 e. The van der Waals surface area contributed by atoms with Crippen LogP contribution in [0.25, 0.3) is 0 Å². The first kappa shape index (κ1) is 14.6. The number of nitrogens with zero attached hydrogens (tertiary/aromatic N) is 1. The average molecular weight is 287 g/mol. The second kappa shape index (κ2) is 6.60. The van der Waals surface area contributed by atoms with E-state index in [1.165, 1.54) is 7.11 Å². The molecule has 1 aromatic heterocycles. The zero-order valence-electron chi connectivity index (χ0n) is 11.9. The topological polar surface area (TPSA) is 90.5 Å². The van der Waals surface area contributed by atoms with Crippen LogP contribution in [0.1, 0.15) is 11.3 Å². The number of nitrogens with one attached hydrogen (secondary N) is 1. The van der Waals surface area contributed by atoms with E-state index in [1.807, 2.05) is 12.1 Å². The molecule has 0 amide bonds. The lowest BCUT2D eigenvalue weighted by molar-refractivity contribution is 0.278. The van der Waals surface area contributed by atoms with Crippen molar-refractivity contribution in [3.63, 3.8) is 0 Å². The van der Waals surface area contributed by atoms with Gasteiger partial charge in [-0.15, -0.1) is 0 Å². The summed E-state index contributed by atoms with van der Waals surface area (Å²) in [4.78, 5) is 4.27. The summed E-state index contributed by atoms with van der Waals surface area (Å²) >= 11 is 0. The Morgan fingerprint density at radius 3 is 2.62 bits per heavy atom. The molecule has 1 heterocycles. The monoisotopic (exact) mass is 287 g/mol. The van der Waals surface area contributed by atoms with Gasteiger partial charge in [-0.25, -0.2) is 4.98 Å². The van der Waals surface area contributed by atoms with E-state index in [0.29, 0.717) is 22.9 Å². The minimum Gasteiger partial charge on any atom is -0.493 e. The number of benzene rings is 1. The highest BCUT2D eigenvalue weighted by Gasteiger charge is 2.08. The maximum atomic E-state index is 7.42. The standard InChI is InChI=1S/C15H17N3O3/c1-19-13-8-10(15(16)17)6-7-12(13)21-9-11-4-3-5-14(18-11)20-2/h3-8H,9H2,1-2H3,(H3,16,17). The molecule has 110 valence electrons. The Hall–Kier alpha value is -2.76. The van der Waals surface area contributed by atoms with Gasteiger partial charge in [0.05, 0.1) is 19.9 Å². The van der Waals surface area contributed by atoms with Gasteiger partial charge in [-0.3, -0.25) is 5.41 Å². The maximum absolute atomic E-state index is 7.42. The Kier molecular flexibility index (Phi) is 4.61. The van der Waals surface area contributed by atoms with Gasteiger partial charge in [0.2, 0.25) is 5.88 Å². The third kappa shape index (κ3) is 3.62. The zero-order valence-corrected chi connectivity index (χ0v) is 11.9. The molecule has 0 aliphatic rings. The molecule has 0 bridgehead atoms. The normalized spacial score (nSPS) is 10.0. The Bertz CT molecular complexity index is 644. The van der Waals surface area contributed by atoms with Crippen LogP contribution in [-0.4, -0.2) is 25.0 Å². The number of rotatable bonds is 6. The number of nitrogen functional groups attached to an aromatic ring is 1. The molecule has 6 nitrogen and oxygen atoms in total. The number of methoxy groups -OCH3 is 2. The second-order valence-electron chi connectivity index (χ2n) is 4.24. The predicted molar refractivity (Wildman–Crippen MR) is 79.1 cm³/mol. The quantitative estimate of drug-likeness (QED) is 0.626. The van der Waals surface area contributed by atoms with Gasteiger partial charge in [0.15, 0.2) is 11.5 Å². The van der Waals surface area contributed by atoms with Crippen molar-refractivity contribution in [3.8, 4) is 17.4 Å². The predicted octanol–water partition coefficient (Wildman–Crippen LogP) is 1.96. The molecule has 0 fully saturated rings. The van der Waals surface area contributed by atoms with Crippen LogP contribution in [0.2, 0.25) is 0 Å². The summed E-state index contributed by atoms with van der Waals surface area (Å²) in [5.74, 6) is 1.60. The zero-order chi connectivity index (χ0) is 15.2. The van der Waals surface area contributed by atoms with Gasteiger partial charge in [-0.1, -0.05) is 6.07 Å². The third-order valence-electron chi connectivity index (χ3n) is 2.84. The average Bonchev–Trinajstić information content (AvgIpc) is 2.52. The van der Waals surface area contributed by atoms with Crippen molar-refractivity contribution in [2.75, 3.05) is 14.2 Å². The van der Waals surface area contributed by atoms with Gasteiger partial charge < -0.3 is 19.9 Å². The summed E-state index contributed by atoms with van der Waals surface area (Å²) in [5.41, 5.74) is 6.77. The van der Waals surface area contributed by atoms with E-state index < -0.39 is 0 Å². The van der Waals surface area contributed by atoms with Crippen LogP contribution in [0.4, 0.5) is 0 Å². The molecule has 21 heavy (non-hydrogen) atoms. The highest BCUT2D eigenvalue weighted by Crippen LogP contribution is 2.28. The Morgan fingerprint density at radius 1 is 1.14 bits per heavy atom. The van der Waals surface area contributed by atoms with Crippen LogP contribution in [0.5, 0.6) is 17.4 Å². The van der Waals surface area contributed by atoms with Gasteiger partial charge in [0.1, 0.15) is 12.4 Å². The number of hydrogen-bond donors (Lipinski definition) is 2. The summed E-state index contributed by atoms with van der Waals surface area (Å²) < 4.78 is 16.0. The van der Waals surface area contributed by atoms with Gasteiger partial charge in [0.25, 0.3) is 0 Å². The molecule has 1 aromatic carbocycles. The lowest BCUT2D eigenvalue weighted by Crippen LogP contribution is -2.11. The fourth-order valence-electron chi connectivity index (χ4n) is 1.76. The van der Waals surface area contributed by atoms with Crippen LogP contribution in [0.15, 0.2) is 36.4 Å². The highest BCUT2D eigenvalue weighted by molar-refractivity contribution is 5.95. The van der Waals surface area contributed by atoms with E-state index in [4.69, 9.17) is 25.4 Å². The molecule has 0 radical (unpaired) electrons. The molecule has 0 atom stereocenters. The smallest absolute Gasteiger partial charge is 0.213 e.